The van der Waals surface area contributed by atoms with Crippen LogP contribution in [0.5, 0.6) is 5.75 Å². The summed E-state index contributed by atoms with van der Waals surface area (Å²) < 4.78 is 41.0. The first-order valence-electron chi connectivity index (χ1n) is 6.29. The van der Waals surface area contributed by atoms with E-state index in [4.69, 9.17) is 5.73 Å². The van der Waals surface area contributed by atoms with E-state index in [0.717, 1.165) is 0 Å². The van der Waals surface area contributed by atoms with Crippen LogP contribution in [-0.4, -0.2) is 24.1 Å². The Morgan fingerprint density at radius 1 is 1.20 bits per heavy atom. The summed E-state index contributed by atoms with van der Waals surface area (Å²) in [5.74, 6) is -0.274. The molecule has 0 aliphatic heterocycles. The molecule has 0 saturated carbocycles. The highest BCUT2D eigenvalue weighted by molar-refractivity contribution is 5.38. The van der Waals surface area contributed by atoms with Crippen molar-refractivity contribution < 1.29 is 23.0 Å². The number of hydrogen-bond donors (Lipinski definition) is 2. The van der Waals surface area contributed by atoms with Crippen molar-refractivity contribution in [2.24, 2.45) is 5.73 Å². The molecule has 0 radical (unpaired) electrons. The third kappa shape index (κ3) is 5.38. The highest BCUT2D eigenvalue weighted by Crippen LogP contribution is 2.31. The molecule has 1 aromatic rings. The van der Waals surface area contributed by atoms with Gasteiger partial charge in [0.15, 0.2) is 0 Å². The molecule has 0 aromatic heterocycles. The van der Waals surface area contributed by atoms with Crippen LogP contribution in [0.3, 0.4) is 0 Å². The number of rotatable bonds is 4. The van der Waals surface area contributed by atoms with Gasteiger partial charge in [-0.15, -0.1) is 13.2 Å². The van der Waals surface area contributed by atoms with Crippen molar-refractivity contribution in [2.45, 2.75) is 45.1 Å². The Hall–Kier alpha value is -1.27. The summed E-state index contributed by atoms with van der Waals surface area (Å²) in [6.45, 7) is 5.73. The summed E-state index contributed by atoms with van der Waals surface area (Å²) in [6, 6.07) is 4.41. The van der Waals surface area contributed by atoms with Gasteiger partial charge in [0, 0.05) is 6.54 Å². The largest absolute Gasteiger partial charge is 0.573 e. The van der Waals surface area contributed by atoms with Crippen LogP contribution in [0.1, 0.15) is 31.9 Å². The molecule has 0 aliphatic carbocycles. The van der Waals surface area contributed by atoms with Crippen LogP contribution < -0.4 is 10.5 Å². The SMILES string of the molecule is CC(C)(C)c1cc(C[C@H](O)CN)cc(OC(F)(F)F)c1. The zero-order valence-corrected chi connectivity index (χ0v) is 11.8. The van der Waals surface area contributed by atoms with Crippen LogP contribution in [0, 0.1) is 0 Å². The molecule has 0 bridgehead atoms. The quantitative estimate of drug-likeness (QED) is 0.897. The van der Waals surface area contributed by atoms with Crippen LogP contribution in [0.25, 0.3) is 0 Å². The van der Waals surface area contributed by atoms with Crippen molar-refractivity contribution in [3.63, 3.8) is 0 Å². The summed E-state index contributed by atoms with van der Waals surface area (Å²) in [5, 5.41) is 9.54. The number of nitrogens with two attached hydrogens (primary N) is 1. The van der Waals surface area contributed by atoms with Crippen LogP contribution in [0.4, 0.5) is 13.2 Å². The Kier molecular flexibility index (Phi) is 5.05. The Morgan fingerprint density at radius 2 is 1.80 bits per heavy atom. The van der Waals surface area contributed by atoms with E-state index in [-0.39, 0.29) is 24.1 Å². The fourth-order valence-corrected chi connectivity index (χ4v) is 1.76. The molecule has 0 heterocycles. The summed E-state index contributed by atoms with van der Waals surface area (Å²) in [4.78, 5) is 0. The minimum absolute atomic E-state index is 0.0508. The fourth-order valence-electron chi connectivity index (χ4n) is 1.76. The van der Waals surface area contributed by atoms with Gasteiger partial charge >= 0.3 is 6.36 Å². The van der Waals surface area contributed by atoms with E-state index in [9.17, 15) is 18.3 Å². The van der Waals surface area contributed by atoms with E-state index >= 15 is 0 Å². The molecule has 1 aromatic carbocycles. The standard InChI is InChI=1S/C14H20F3NO2/c1-13(2,3)10-4-9(5-11(19)8-18)6-12(7-10)20-14(15,16)17/h4,6-7,11,19H,5,8,18H2,1-3H3/t11-/m0/s1. The minimum atomic E-state index is -4.74. The lowest BCUT2D eigenvalue weighted by Crippen LogP contribution is -2.23. The van der Waals surface area contributed by atoms with Gasteiger partial charge in [0.2, 0.25) is 0 Å². The fraction of sp³-hybridized carbons (Fsp3) is 0.571. The first kappa shape index (κ1) is 16.8. The van der Waals surface area contributed by atoms with Gasteiger partial charge < -0.3 is 15.6 Å². The highest BCUT2D eigenvalue weighted by Gasteiger charge is 2.31. The number of halogens is 3. The molecule has 0 unspecified atom stereocenters. The Labute approximate surface area is 116 Å². The molecule has 1 atom stereocenters. The van der Waals surface area contributed by atoms with Gasteiger partial charge in [0.05, 0.1) is 6.10 Å². The monoisotopic (exact) mass is 291 g/mol. The van der Waals surface area contributed by atoms with Gasteiger partial charge in [0.25, 0.3) is 0 Å². The Bertz CT molecular complexity index is 453. The maximum absolute atomic E-state index is 12.3. The topological polar surface area (TPSA) is 55.5 Å². The first-order valence-corrected chi connectivity index (χ1v) is 6.29. The molecule has 0 fully saturated rings. The molecule has 1 rings (SSSR count). The van der Waals surface area contributed by atoms with Gasteiger partial charge in [-0.05, 0) is 35.1 Å². The van der Waals surface area contributed by atoms with Crippen molar-refractivity contribution in [2.75, 3.05) is 6.54 Å². The molecular weight excluding hydrogens is 271 g/mol. The van der Waals surface area contributed by atoms with Gasteiger partial charge in [0.1, 0.15) is 5.75 Å². The number of hydrogen-bond acceptors (Lipinski definition) is 3. The molecule has 3 N–H and O–H groups in total. The first-order chi connectivity index (χ1) is 9.01. The summed E-state index contributed by atoms with van der Waals surface area (Å²) >= 11 is 0. The maximum Gasteiger partial charge on any atom is 0.573 e. The van der Waals surface area contributed by atoms with Crippen molar-refractivity contribution in [3.8, 4) is 5.75 Å². The molecule has 0 saturated heterocycles. The Morgan fingerprint density at radius 3 is 2.25 bits per heavy atom. The normalized spacial score (nSPS) is 14.2. The second-order valence-electron chi connectivity index (χ2n) is 5.76. The average molecular weight is 291 g/mol. The molecule has 3 nitrogen and oxygen atoms in total. The summed E-state index contributed by atoms with van der Waals surface area (Å²) in [7, 11) is 0. The number of alkyl halides is 3. The van der Waals surface area contributed by atoms with Crippen LogP contribution in [0.15, 0.2) is 18.2 Å². The molecular formula is C14H20F3NO2. The van der Waals surface area contributed by atoms with Crippen LogP contribution >= 0.6 is 0 Å². The number of benzene rings is 1. The third-order valence-electron chi connectivity index (χ3n) is 2.81. The minimum Gasteiger partial charge on any atom is -0.406 e. The highest BCUT2D eigenvalue weighted by atomic mass is 19.4. The lowest BCUT2D eigenvalue weighted by atomic mass is 9.85. The molecule has 6 heteroatoms. The van der Waals surface area contributed by atoms with Crippen molar-refractivity contribution >= 4 is 0 Å². The zero-order valence-electron chi connectivity index (χ0n) is 11.8. The van der Waals surface area contributed by atoms with Crippen molar-refractivity contribution in [1.82, 2.24) is 0 Å². The van der Waals surface area contributed by atoms with Gasteiger partial charge in [-0.1, -0.05) is 26.8 Å². The van der Waals surface area contributed by atoms with Gasteiger partial charge in [-0.2, -0.15) is 0 Å². The number of aliphatic hydroxyl groups excluding tert-OH is 1. The average Bonchev–Trinajstić information content (AvgIpc) is 2.24. The zero-order chi connectivity index (χ0) is 15.6. The third-order valence-corrected chi connectivity index (χ3v) is 2.81. The van der Waals surface area contributed by atoms with E-state index in [0.29, 0.717) is 11.1 Å². The predicted octanol–water partition coefficient (Wildman–Crippen LogP) is 2.74. The molecule has 114 valence electrons. The van der Waals surface area contributed by atoms with E-state index in [1.54, 1.807) is 6.07 Å². The second kappa shape index (κ2) is 6.01. The molecule has 0 aliphatic rings. The molecule has 20 heavy (non-hydrogen) atoms. The van der Waals surface area contributed by atoms with Gasteiger partial charge in [-0.3, -0.25) is 0 Å². The number of ether oxygens (including phenoxy) is 1. The maximum atomic E-state index is 12.3. The van der Waals surface area contributed by atoms with E-state index in [2.05, 4.69) is 4.74 Å². The lowest BCUT2D eigenvalue weighted by Gasteiger charge is -2.22. The van der Waals surface area contributed by atoms with E-state index < -0.39 is 12.5 Å². The van der Waals surface area contributed by atoms with Crippen molar-refractivity contribution in [3.05, 3.63) is 29.3 Å². The summed E-state index contributed by atoms with van der Waals surface area (Å²) in [5.41, 5.74) is 6.27. The lowest BCUT2D eigenvalue weighted by molar-refractivity contribution is -0.274. The van der Waals surface area contributed by atoms with Gasteiger partial charge in [-0.25, -0.2) is 0 Å². The Balaban J connectivity index is 3.14. The van der Waals surface area contributed by atoms with E-state index in [1.165, 1.54) is 12.1 Å². The smallest absolute Gasteiger partial charge is 0.406 e. The van der Waals surface area contributed by atoms with Crippen LogP contribution in [0.2, 0.25) is 0 Å². The summed E-state index contributed by atoms with van der Waals surface area (Å²) in [6.07, 6.45) is -5.33. The number of aliphatic hydroxyl groups is 1. The molecule has 0 spiro atoms. The van der Waals surface area contributed by atoms with Crippen molar-refractivity contribution in [1.29, 1.82) is 0 Å². The van der Waals surface area contributed by atoms with Crippen LogP contribution in [-0.2, 0) is 11.8 Å². The van der Waals surface area contributed by atoms with E-state index in [1.807, 2.05) is 20.8 Å². The predicted molar refractivity (Wildman–Crippen MR) is 70.6 cm³/mol. The molecule has 0 amide bonds. The second-order valence-corrected chi connectivity index (χ2v) is 5.76.